The molecule has 2 aromatic heterocycles. The smallest absolute Gasteiger partial charge is 0.243 e. The number of para-hydroxylation sites is 1. The number of primary amides is 2. The number of benzene rings is 2. The second kappa shape index (κ2) is 27.0. The van der Waals surface area contributed by atoms with E-state index in [0.29, 0.717) is 11.3 Å². The van der Waals surface area contributed by atoms with Gasteiger partial charge in [0.15, 0.2) is 0 Å². The Labute approximate surface area is 412 Å². The molecular formula is C49H69N13O9. The first-order valence-electron chi connectivity index (χ1n) is 23.6. The summed E-state index contributed by atoms with van der Waals surface area (Å²) < 4.78 is 0. The van der Waals surface area contributed by atoms with Crippen LogP contribution in [0, 0.1) is 11.8 Å². The number of imidazole rings is 1. The molecule has 0 saturated heterocycles. The Morgan fingerprint density at radius 2 is 1.31 bits per heavy atom. The van der Waals surface area contributed by atoms with Gasteiger partial charge >= 0.3 is 0 Å². The van der Waals surface area contributed by atoms with E-state index in [1.807, 2.05) is 38.1 Å². The van der Waals surface area contributed by atoms with Crippen molar-refractivity contribution in [1.29, 1.82) is 0 Å². The molecule has 7 atom stereocenters. The van der Waals surface area contributed by atoms with Crippen molar-refractivity contribution in [2.45, 2.75) is 122 Å². The molecule has 0 radical (unpaired) electrons. The maximum Gasteiger partial charge on any atom is 0.243 e. The second-order valence-corrected chi connectivity index (χ2v) is 18.4. The van der Waals surface area contributed by atoms with Crippen LogP contribution in [-0.4, -0.2) is 129 Å². The molecule has 9 amide bonds. The van der Waals surface area contributed by atoms with E-state index in [4.69, 9.17) is 17.2 Å². The van der Waals surface area contributed by atoms with Crippen molar-refractivity contribution in [3.8, 4) is 0 Å². The van der Waals surface area contributed by atoms with Crippen LogP contribution < -0.4 is 49.1 Å². The first kappa shape index (κ1) is 56.0. The number of aromatic nitrogens is 3. The highest BCUT2D eigenvalue weighted by Crippen LogP contribution is 2.20. The number of hydrogen-bond acceptors (Lipinski definition) is 11. The number of carbonyl (C=O) groups is 9. The molecule has 0 unspecified atom stereocenters. The van der Waals surface area contributed by atoms with Gasteiger partial charge in [-0.05, 0) is 48.8 Å². The van der Waals surface area contributed by atoms with E-state index in [1.54, 1.807) is 50.4 Å². The average molecular weight is 984 g/mol. The number of rotatable bonds is 28. The predicted molar refractivity (Wildman–Crippen MR) is 264 cm³/mol. The number of nitrogens with zero attached hydrogens (tertiary/aromatic N) is 2. The van der Waals surface area contributed by atoms with Gasteiger partial charge in [-0.3, -0.25) is 43.2 Å². The summed E-state index contributed by atoms with van der Waals surface area (Å²) in [5, 5.41) is 16.9. The molecule has 4 aromatic rings. The molecule has 2 aromatic carbocycles. The van der Waals surface area contributed by atoms with Crippen LogP contribution in [0.25, 0.3) is 10.9 Å². The SMILES string of the molecule is CC(C)C[C@H](NC(=O)[C@H](Cc1ccccc1)NC(=O)[C@H](Cc1cnc[nH]1)N(C)C(=O)CCNC(=O)[C@@H](NC(=O)[C@H](C)NC(=O)[C@H](Cc1c[nH]c2ccccc12)NC(=O)[C@@H](N)CCC(N)=O)C(C)C)C(N)=O. The fraction of sp³-hybridized carbons (Fsp3) is 0.469. The highest BCUT2D eigenvalue weighted by molar-refractivity contribution is 5.96. The lowest BCUT2D eigenvalue weighted by molar-refractivity contribution is -0.140. The number of nitrogens with two attached hydrogens (primary N) is 3. The van der Waals surface area contributed by atoms with Crippen LogP contribution in [0.2, 0.25) is 0 Å². The Balaban J connectivity index is 1.41. The van der Waals surface area contributed by atoms with Crippen molar-refractivity contribution in [3.63, 3.8) is 0 Å². The van der Waals surface area contributed by atoms with Crippen LogP contribution >= 0.6 is 0 Å². The van der Waals surface area contributed by atoms with Gasteiger partial charge in [-0.15, -0.1) is 0 Å². The van der Waals surface area contributed by atoms with Crippen LogP contribution in [0.1, 0.15) is 77.1 Å². The first-order valence-corrected chi connectivity index (χ1v) is 23.6. The van der Waals surface area contributed by atoms with Gasteiger partial charge in [0.05, 0.1) is 12.4 Å². The number of hydrogen-bond donors (Lipinski definition) is 11. The number of amides is 9. The van der Waals surface area contributed by atoms with Gasteiger partial charge in [0.2, 0.25) is 53.2 Å². The summed E-state index contributed by atoms with van der Waals surface area (Å²) in [5.41, 5.74) is 19.6. The third-order valence-corrected chi connectivity index (χ3v) is 11.8. The van der Waals surface area contributed by atoms with E-state index in [2.05, 4.69) is 46.9 Å². The molecule has 22 heteroatoms. The topological polar surface area (TPSA) is 352 Å². The van der Waals surface area contributed by atoms with Gasteiger partial charge in [0.1, 0.15) is 36.3 Å². The number of likely N-dealkylation sites (N-methyl/N-ethyl adjacent to an activating group) is 1. The molecule has 0 aliphatic heterocycles. The molecular weight excluding hydrogens is 915 g/mol. The molecule has 0 aliphatic rings. The molecule has 4 rings (SSSR count). The lowest BCUT2D eigenvalue weighted by Crippen LogP contribution is -2.58. The van der Waals surface area contributed by atoms with Crippen molar-refractivity contribution < 1.29 is 43.2 Å². The predicted octanol–water partition coefficient (Wildman–Crippen LogP) is -0.524. The summed E-state index contributed by atoms with van der Waals surface area (Å²) in [4.78, 5) is 131. The fourth-order valence-corrected chi connectivity index (χ4v) is 7.71. The fourth-order valence-electron chi connectivity index (χ4n) is 7.71. The zero-order chi connectivity index (χ0) is 52.4. The zero-order valence-corrected chi connectivity index (χ0v) is 41.1. The number of H-pyrrole nitrogens is 2. The summed E-state index contributed by atoms with van der Waals surface area (Å²) in [6.07, 6.45) is 4.50. The molecule has 0 aliphatic carbocycles. The molecule has 14 N–H and O–H groups in total. The minimum absolute atomic E-state index is 0.0152. The maximum absolute atomic E-state index is 14.2. The normalized spacial score (nSPS) is 14.2. The second-order valence-electron chi connectivity index (χ2n) is 18.4. The van der Waals surface area contributed by atoms with Crippen LogP contribution in [0.5, 0.6) is 0 Å². The summed E-state index contributed by atoms with van der Waals surface area (Å²) in [5.74, 6) is -6.39. The van der Waals surface area contributed by atoms with E-state index >= 15 is 0 Å². The quantitative estimate of drug-likeness (QED) is 0.0344. The summed E-state index contributed by atoms with van der Waals surface area (Å²) in [7, 11) is 1.42. The van der Waals surface area contributed by atoms with Gasteiger partial charge in [0.25, 0.3) is 0 Å². The lowest BCUT2D eigenvalue weighted by atomic mass is 10.0. The molecule has 0 saturated carbocycles. The Kier molecular flexibility index (Phi) is 21.2. The molecule has 0 fully saturated rings. The Hall–Kier alpha value is -7.62. The van der Waals surface area contributed by atoms with Crippen LogP contribution in [0.15, 0.2) is 73.3 Å². The Bertz CT molecular complexity index is 2460. The largest absolute Gasteiger partial charge is 0.370 e. The number of aromatic amines is 2. The standard InChI is InChI=1S/C49H69N13O9/c1-27(2)20-36(43(52)65)58-47(69)37(21-30-12-8-7-9-13-30)60-48(70)39(23-32-25-53-26-56-32)62(6)41(64)18-19-54-49(71)42(28(3)4)61-44(66)29(5)57-46(68)38(59-45(67)34(50)16-17-40(51)63)22-31-24-55-35-15-11-10-14-33(31)35/h7-15,24-29,34,36-39,42,55H,16-23,50H2,1-6H3,(H2,51,63)(H2,52,65)(H,53,56)(H,54,71)(H,57,68)(H,58,69)(H,59,67)(H,60,70)(H,61,66)/t29-,34-,36-,37-,38-,39-,42-/m0/s1. The van der Waals surface area contributed by atoms with E-state index < -0.39 is 101 Å². The van der Waals surface area contributed by atoms with E-state index in [9.17, 15) is 43.2 Å². The Morgan fingerprint density at radius 3 is 1.94 bits per heavy atom. The third-order valence-electron chi connectivity index (χ3n) is 11.8. The molecule has 0 spiro atoms. The average Bonchev–Trinajstić information content (AvgIpc) is 4.00. The van der Waals surface area contributed by atoms with Crippen LogP contribution in [0.4, 0.5) is 0 Å². The van der Waals surface area contributed by atoms with Crippen LogP contribution in [-0.2, 0) is 62.4 Å². The van der Waals surface area contributed by atoms with Gasteiger partial charge in [-0.25, -0.2) is 4.98 Å². The van der Waals surface area contributed by atoms with Crippen molar-refractivity contribution in [3.05, 3.63) is 90.1 Å². The zero-order valence-electron chi connectivity index (χ0n) is 41.1. The minimum atomic E-state index is -1.20. The lowest BCUT2D eigenvalue weighted by Gasteiger charge is -2.30. The van der Waals surface area contributed by atoms with Gasteiger partial charge in [-0.2, -0.15) is 0 Å². The van der Waals surface area contributed by atoms with Gasteiger partial charge in [-0.1, -0.05) is 76.2 Å². The molecule has 2 heterocycles. The highest BCUT2D eigenvalue weighted by atomic mass is 16.2. The van der Waals surface area contributed by atoms with E-state index in [-0.39, 0.29) is 57.4 Å². The Morgan fingerprint density at radius 1 is 0.676 bits per heavy atom. The van der Waals surface area contributed by atoms with Crippen molar-refractivity contribution in [1.82, 2.24) is 51.8 Å². The third kappa shape index (κ3) is 17.4. The minimum Gasteiger partial charge on any atom is -0.370 e. The van der Waals surface area contributed by atoms with Crippen molar-refractivity contribution >= 4 is 64.1 Å². The highest BCUT2D eigenvalue weighted by Gasteiger charge is 2.34. The van der Waals surface area contributed by atoms with Gasteiger partial charge < -0.3 is 64.0 Å². The first-order chi connectivity index (χ1) is 33.6. The van der Waals surface area contributed by atoms with E-state index in [1.165, 1.54) is 31.4 Å². The summed E-state index contributed by atoms with van der Waals surface area (Å²) in [6.45, 7) is 8.38. The van der Waals surface area contributed by atoms with Crippen LogP contribution in [0.3, 0.4) is 0 Å². The van der Waals surface area contributed by atoms with E-state index in [0.717, 1.165) is 16.5 Å². The summed E-state index contributed by atoms with van der Waals surface area (Å²) in [6, 6.07) is 8.34. The maximum atomic E-state index is 14.2. The number of fused-ring (bicyclic) bond motifs is 1. The number of carbonyl (C=O) groups excluding carboxylic acids is 9. The molecule has 384 valence electrons. The molecule has 71 heavy (non-hydrogen) atoms. The van der Waals surface area contributed by atoms with Crippen molar-refractivity contribution in [2.75, 3.05) is 13.6 Å². The molecule has 0 bridgehead atoms. The molecule has 22 nitrogen and oxygen atoms in total. The number of nitrogens with one attached hydrogen (secondary N) is 8. The van der Waals surface area contributed by atoms with Crippen molar-refractivity contribution in [2.24, 2.45) is 29.0 Å². The van der Waals surface area contributed by atoms with Gasteiger partial charge in [0, 0.05) is 74.7 Å². The monoisotopic (exact) mass is 984 g/mol. The summed E-state index contributed by atoms with van der Waals surface area (Å²) >= 11 is 0.